The number of methoxy groups -OCH3 is 1. The molecule has 1 aromatic rings. The summed E-state index contributed by atoms with van der Waals surface area (Å²) in [5.41, 5.74) is 1.82. The van der Waals surface area contributed by atoms with Crippen molar-refractivity contribution in [3.63, 3.8) is 0 Å². The summed E-state index contributed by atoms with van der Waals surface area (Å²) < 4.78 is 17.6. The molecule has 9 atom stereocenters. The lowest BCUT2D eigenvalue weighted by molar-refractivity contribution is -0.178. The van der Waals surface area contributed by atoms with E-state index in [9.17, 15) is 30.0 Å². The van der Waals surface area contributed by atoms with Crippen LogP contribution in [0.5, 0.6) is 11.5 Å². The standard InChI is InChI=1S/C24H29NO9/c1-25-8-7-24-12-4-6-16(33-23(31)20(30)19(29)18(28)14(27)10-26)22(24)34-21-15(32-2)5-3-11(17(21)24)9-13(12)25/h3-6,10,12-14,16,18-20,22,27-30H,7-9H2,1-2H3/t12-,13+,14-,16-,18+,19-,20-,22-,24-/m0/s1. The molecule has 184 valence electrons. The third kappa shape index (κ3) is 3.13. The zero-order valence-corrected chi connectivity index (χ0v) is 18.9. The Labute approximate surface area is 196 Å². The number of aldehydes is 1. The first-order valence-electron chi connectivity index (χ1n) is 11.4. The number of likely N-dealkylation sites (tertiary alicyclic amines) is 1. The van der Waals surface area contributed by atoms with E-state index in [1.54, 1.807) is 13.2 Å². The van der Waals surface area contributed by atoms with E-state index >= 15 is 0 Å². The van der Waals surface area contributed by atoms with Crippen molar-refractivity contribution in [2.45, 2.75) is 60.9 Å². The molecule has 0 saturated carbocycles. The number of likely N-dealkylation sites (N-methyl/N-ethyl adjacent to an activating group) is 1. The van der Waals surface area contributed by atoms with Gasteiger partial charge in [0.15, 0.2) is 30.0 Å². The summed E-state index contributed by atoms with van der Waals surface area (Å²) in [5.74, 6) is 0.186. The average molecular weight is 475 g/mol. The fourth-order valence-electron chi connectivity index (χ4n) is 6.28. The molecule has 1 aromatic carbocycles. The molecule has 2 aliphatic heterocycles. The van der Waals surface area contributed by atoms with Gasteiger partial charge in [0.1, 0.15) is 24.4 Å². The molecule has 1 spiro atoms. The highest BCUT2D eigenvalue weighted by molar-refractivity contribution is 5.76. The van der Waals surface area contributed by atoms with Crippen LogP contribution in [0.3, 0.4) is 0 Å². The first-order valence-corrected chi connectivity index (χ1v) is 11.4. The van der Waals surface area contributed by atoms with E-state index in [0.717, 1.165) is 24.9 Å². The van der Waals surface area contributed by atoms with Crippen LogP contribution in [0, 0.1) is 5.92 Å². The Bertz CT molecular complexity index is 1030. The largest absolute Gasteiger partial charge is 0.493 e. The summed E-state index contributed by atoms with van der Waals surface area (Å²) in [5, 5.41) is 39.5. The van der Waals surface area contributed by atoms with E-state index in [4.69, 9.17) is 14.2 Å². The third-order valence-corrected chi connectivity index (χ3v) is 7.99. The normalized spacial score (nSPS) is 34.3. The number of rotatable bonds is 7. The van der Waals surface area contributed by atoms with E-state index < -0.39 is 48.0 Å². The molecule has 2 aliphatic carbocycles. The summed E-state index contributed by atoms with van der Waals surface area (Å²) in [6, 6.07) is 4.20. The van der Waals surface area contributed by atoms with Crippen LogP contribution in [-0.4, -0.2) is 101 Å². The molecule has 0 radical (unpaired) electrons. The lowest BCUT2D eigenvalue weighted by Gasteiger charge is -2.56. The van der Waals surface area contributed by atoms with Gasteiger partial charge in [0.05, 0.1) is 7.11 Å². The quantitative estimate of drug-likeness (QED) is 0.213. The Morgan fingerprint density at radius 2 is 2.00 bits per heavy atom. The number of ether oxygens (including phenoxy) is 3. The van der Waals surface area contributed by atoms with E-state index in [-0.39, 0.29) is 18.2 Å². The molecule has 2 heterocycles. The predicted octanol–water partition coefficient (Wildman–Crippen LogP) is -1.31. The van der Waals surface area contributed by atoms with Crippen molar-refractivity contribution in [2.24, 2.45) is 5.92 Å². The van der Waals surface area contributed by atoms with Gasteiger partial charge in [0.2, 0.25) is 0 Å². The van der Waals surface area contributed by atoms with Crippen LogP contribution in [-0.2, 0) is 26.2 Å². The van der Waals surface area contributed by atoms with Crippen LogP contribution < -0.4 is 9.47 Å². The number of aliphatic hydroxyl groups is 4. The van der Waals surface area contributed by atoms with Crippen LogP contribution in [0.25, 0.3) is 0 Å². The number of benzene rings is 1. The van der Waals surface area contributed by atoms with Crippen molar-refractivity contribution in [1.82, 2.24) is 4.90 Å². The third-order valence-electron chi connectivity index (χ3n) is 7.99. The Kier molecular flexibility index (Phi) is 5.69. The van der Waals surface area contributed by atoms with Crippen molar-refractivity contribution in [3.05, 3.63) is 35.4 Å². The zero-order valence-electron chi connectivity index (χ0n) is 18.9. The lowest BCUT2D eigenvalue weighted by atomic mass is 9.53. The molecule has 4 N–H and O–H groups in total. The highest BCUT2D eigenvalue weighted by Crippen LogP contribution is 2.62. The molecule has 0 aromatic heterocycles. The number of nitrogens with zero attached hydrogens (tertiary/aromatic N) is 1. The minimum atomic E-state index is -2.17. The van der Waals surface area contributed by atoms with Crippen molar-refractivity contribution < 1.29 is 44.2 Å². The van der Waals surface area contributed by atoms with Gasteiger partial charge >= 0.3 is 5.97 Å². The second kappa shape index (κ2) is 8.31. The maximum atomic E-state index is 12.7. The summed E-state index contributed by atoms with van der Waals surface area (Å²) in [6.45, 7) is 0.836. The van der Waals surface area contributed by atoms with Gasteiger partial charge in [0, 0.05) is 22.9 Å². The summed E-state index contributed by atoms with van der Waals surface area (Å²) in [6.07, 6.45) is -4.28. The highest BCUT2D eigenvalue weighted by Gasteiger charge is 2.65. The van der Waals surface area contributed by atoms with Crippen LogP contribution in [0.1, 0.15) is 17.5 Å². The van der Waals surface area contributed by atoms with Crippen molar-refractivity contribution in [2.75, 3.05) is 20.7 Å². The van der Waals surface area contributed by atoms with Gasteiger partial charge in [-0.2, -0.15) is 0 Å². The fourth-order valence-corrected chi connectivity index (χ4v) is 6.28. The van der Waals surface area contributed by atoms with Crippen LogP contribution >= 0.6 is 0 Å². The Balaban J connectivity index is 1.47. The summed E-state index contributed by atoms with van der Waals surface area (Å²) in [7, 11) is 3.68. The molecule has 10 heteroatoms. The maximum Gasteiger partial charge on any atom is 0.338 e. The molecule has 5 rings (SSSR count). The van der Waals surface area contributed by atoms with Crippen molar-refractivity contribution in [3.8, 4) is 11.5 Å². The lowest BCUT2D eigenvalue weighted by Crippen LogP contribution is -2.65. The number of carbonyl (C=O) groups excluding carboxylic acids is 2. The van der Waals surface area contributed by atoms with Gasteiger partial charge in [-0.25, -0.2) is 4.79 Å². The summed E-state index contributed by atoms with van der Waals surface area (Å²) in [4.78, 5) is 25.7. The molecule has 34 heavy (non-hydrogen) atoms. The monoisotopic (exact) mass is 475 g/mol. The van der Waals surface area contributed by atoms with Crippen LogP contribution in [0.15, 0.2) is 24.3 Å². The predicted molar refractivity (Wildman–Crippen MR) is 116 cm³/mol. The molecule has 4 aliphatic rings. The number of piperidine rings is 1. The van der Waals surface area contributed by atoms with Gasteiger partial charge < -0.3 is 44.3 Å². The van der Waals surface area contributed by atoms with Gasteiger partial charge in [-0.3, -0.25) is 0 Å². The van der Waals surface area contributed by atoms with Gasteiger partial charge in [0.25, 0.3) is 0 Å². The molecule has 0 unspecified atom stereocenters. The number of carbonyl (C=O) groups is 2. The number of aliphatic hydroxyl groups excluding tert-OH is 4. The van der Waals surface area contributed by atoms with Crippen molar-refractivity contribution >= 4 is 12.3 Å². The SMILES string of the molecule is COc1ccc2c3c1O[C@H]1[C@@H](OC(=O)[C@@H](O)[C@@H](O)[C@H](O)[C@@H](O)C=O)C=C[C@H]4[C@@H](C2)N(C)CC[C@@]341. The van der Waals surface area contributed by atoms with Crippen molar-refractivity contribution in [1.29, 1.82) is 0 Å². The van der Waals surface area contributed by atoms with Gasteiger partial charge in [-0.15, -0.1) is 0 Å². The minimum absolute atomic E-state index is 0.00324. The average Bonchev–Trinajstić information content (AvgIpc) is 3.20. The van der Waals surface area contributed by atoms with Gasteiger partial charge in [-0.1, -0.05) is 12.1 Å². The molecule has 0 amide bonds. The first kappa shape index (κ1) is 23.3. The second-order valence-electron chi connectivity index (χ2n) is 9.58. The van der Waals surface area contributed by atoms with Gasteiger partial charge in [-0.05, 0) is 44.1 Å². The Morgan fingerprint density at radius 1 is 1.24 bits per heavy atom. The molecular weight excluding hydrogens is 446 g/mol. The molecule has 1 fully saturated rings. The van der Waals surface area contributed by atoms with E-state index in [0.29, 0.717) is 11.5 Å². The van der Waals surface area contributed by atoms with E-state index in [2.05, 4.69) is 18.0 Å². The zero-order chi connectivity index (χ0) is 24.4. The topological polar surface area (TPSA) is 146 Å². The Morgan fingerprint density at radius 3 is 2.71 bits per heavy atom. The smallest absolute Gasteiger partial charge is 0.338 e. The van der Waals surface area contributed by atoms with Crippen LogP contribution in [0.4, 0.5) is 0 Å². The second-order valence-corrected chi connectivity index (χ2v) is 9.58. The fraction of sp³-hybridized carbons (Fsp3) is 0.583. The molecule has 2 bridgehead atoms. The Hall–Kier alpha value is -2.50. The van der Waals surface area contributed by atoms with E-state index in [1.807, 2.05) is 12.1 Å². The maximum absolute atomic E-state index is 12.7. The van der Waals surface area contributed by atoms with Crippen LogP contribution in [0.2, 0.25) is 0 Å². The van der Waals surface area contributed by atoms with E-state index in [1.165, 1.54) is 5.56 Å². The first-order chi connectivity index (χ1) is 16.2. The molecular formula is C24H29NO9. The highest BCUT2D eigenvalue weighted by atomic mass is 16.6. The number of hydrogen-bond acceptors (Lipinski definition) is 10. The molecule has 10 nitrogen and oxygen atoms in total. The number of hydrogen-bond donors (Lipinski definition) is 4. The summed E-state index contributed by atoms with van der Waals surface area (Å²) >= 11 is 0. The minimum Gasteiger partial charge on any atom is -0.493 e. The number of esters is 1. The molecule has 1 saturated heterocycles.